The summed E-state index contributed by atoms with van der Waals surface area (Å²) in [5.74, 6) is 0.368. The fourth-order valence-electron chi connectivity index (χ4n) is 2.89. The molecule has 0 radical (unpaired) electrons. The molecule has 1 fully saturated rings. The number of likely N-dealkylation sites (tertiary alicyclic amines) is 1. The van der Waals surface area contributed by atoms with Gasteiger partial charge in [0.05, 0.1) is 29.1 Å². The van der Waals surface area contributed by atoms with Gasteiger partial charge in [-0.3, -0.25) is 4.79 Å². The summed E-state index contributed by atoms with van der Waals surface area (Å²) in [6, 6.07) is 15.5. The van der Waals surface area contributed by atoms with Crippen LogP contribution < -0.4 is 4.74 Å². The summed E-state index contributed by atoms with van der Waals surface area (Å²) in [5, 5.41) is 1.18. The number of benzene rings is 2. The van der Waals surface area contributed by atoms with Gasteiger partial charge in [-0.1, -0.05) is 47.4 Å². The monoisotopic (exact) mass is 397 g/mol. The molecule has 27 heavy (non-hydrogen) atoms. The number of rotatable bonds is 5. The van der Waals surface area contributed by atoms with Gasteiger partial charge in [0.15, 0.2) is 5.58 Å². The van der Waals surface area contributed by atoms with E-state index in [0.717, 1.165) is 21.3 Å². The highest BCUT2D eigenvalue weighted by Gasteiger charge is 2.33. The van der Waals surface area contributed by atoms with Crippen molar-refractivity contribution in [2.45, 2.75) is 11.3 Å². The summed E-state index contributed by atoms with van der Waals surface area (Å²) < 4.78 is 12.6. The van der Waals surface area contributed by atoms with Crippen molar-refractivity contribution in [3.63, 3.8) is 0 Å². The molecule has 0 atom stereocenters. The van der Waals surface area contributed by atoms with Crippen LogP contribution in [0.25, 0.3) is 21.3 Å². The summed E-state index contributed by atoms with van der Waals surface area (Å²) in [6.07, 6.45) is 0.00355. The predicted octanol–water partition coefficient (Wildman–Crippen LogP) is 3.82. The van der Waals surface area contributed by atoms with Crippen molar-refractivity contribution >= 4 is 50.3 Å². The van der Waals surface area contributed by atoms with Crippen LogP contribution >= 0.6 is 23.1 Å². The van der Waals surface area contributed by atoms with Gasteiger partial charge >= 0.3 is 0 Å². The van der Waals surface area contributed by atoms with Crippen LogP contribution in [0.15, 0.2) is 58.2 Å². The second-order valence-corrected chi connectivity index (χ2v) is 8.14. The van der Waals surface area contributed by atoms with Crippen molar-refractivity contribution in [3.05, 3.63) is 48.5 Å². The van der Waals surface area contributed by atoms with Crippen molar-refractivity contribution in [3.8, 4) is 5.19 Å². The predicted molar refractivity (Wildman–Crippen MR) is 105 cm³/mol. The zero-order chi connectivity index (χ0) is 18.2. The van der Waals surface area contributed by atoms with E-state index in [2.05, 4.69) is 9.97 Å². The Balaban J connectivity index is 1.13. The third-order valence-corrected chi connectivity index (χ3v) is 6.08. The minimum atomic E-state index is 0.00355. The van der Waals surface area contributed by atoms with Crippen molar-refractivity contribution in [2.24, 2.45) is 0 Å². The summed E-state index contributed by atoms with van der Waals surface area (Å²) in [6.45, 7) is 1.17. The summed E-state index contributed by atoms with van der Waals surface area (Å²) in [7, 11) is 0. The summed E-state index contributed by atoms with van der Waals surface area (Å²) >= 11 is 2.85. The van der Waals surface area contributed by atoms with Gasteiger partial charge in [-0.25, -0.2) is 9.97 Å². The van der Waals surface area contributed by atoms with Gasteiger partial charge in [0.1, 0.15) is 11.6 Å². The Morgan fingerprint density at radius 2 is 1.93 bits per heavy atom. The number of carbonyl (C=O) groups is 1. The Kier molecular flexibility index (Phi) is 4.21. The van der Waals surface area contributed by atoms with E-state index in [1.165, 1.54) is 23.1 Å². The number of thioether (sulfide) groups is 1. The first-order chi connectivity index (χ1) is 13.2. The number of para-hydroxylation sites is 3. The molecule has 1 aliphatic rings. The van der Waals surface area contributed by atoms with Crippen LogP contribution in [0, 0.1) is 0 Å². The number of amides is 1. The van der Waals surface area contributed by atoms with Crippen LogP contribution in [0.5, 0.6) is 5.19 Å². The van der Waals surface area contributed by atoms with Crippen molar-refractivity contribution in [2.75, 3.05) is 18.8 Å². The second-order valence-electron chi connectivity index (χ2n) is 6.22. The zero-order valence-electron chi connectivity index (χ0n) is 14.2. The average Bonchev–Trinajstić information content (AvgIpc) is 3.25. The van der Waals surface area contributed by atoms with Crippen molar-refractivity contribution in [1.82, 2.24) is 14.9 Å². The fraction of sp³-hybridized carbons (Fsp3) is 0.211. The van der Waals surface area contributed by atoms with Crippen LogP contribution in [0.2, 0.25) is 0 Å². The minimum absolute atomic E-state index is 0.00355. The summed E-state index contributed by atoms with van der Waals surface area (Å²) in [4.78, 5) is 22.9. The summed E-state index contributed by atoms with van der Waals surface area (Å²) in [5.41, 5.74) is 2.49. The molecule has 8 heteroatoms. The number of hydrogen-bond donors (Lipinski definition) is 0. The smallest absolute Gasteiger partial charge is 0.274 e. The number of oxazole rings is 1. The van der Waals surface area contributed by atoms with E-state index < -0.39 is 0 Å². The Morgan fingerprint density at radius 1 is 1.15 bits per heavy atom. The lowest BCUT2D eigenvalue weighted by Crippen LogP contribution is -2.56. The highest BCUT2D eigenvalue weighted by Crippen LogP contribution is 2.30. The number of fused-ring (bicyclic) bond motifs is 2. The molecule has 0 saturated carbocycles. The Labute approximate surface area is 163 Å². The Bertz CT molecular complexity index is 1050. The molecule has 0 aliphatic carbocycles. The molecule has 1 amide bonds. The molecule has 1 aliphatic heterocycles. The first-order valence-corrected chi connectivity index (χ1v) is 10.3. The molecule has 3 heterocycles. The lowest BCUT2D eigenvalue weighted by Gasteiger charge is -2.38. The first kappa shape index (κ1) is 16.6. The van der Waals surface area contributed by atoms with Gasteiger partial charge in [0.25, 0.3) is 10.4 Å². The highest BCUT2D eigenvalue weighted by atomic mass is 32.2. The normalized spacial score (nSPS) is 14.6. The molecular weight excluding hydrogens is 382 g/mol. The number of carbonyl (C=O) groups excluding carboxylic acids is 1. The second kappa shape index (κ2) is 6.86. The lowest BCUT2D eigenvalue weighted by atomic mass is 10.2. The van der Waals surface area contributed by atoms with Gasteiger partial charge in [-0.05, 0) is 24.3 Å². The topological polar surface area (TPSA) is 68.5 Å². The molecule has 2 aromatic carbocycles. The van der Waals surface area contributed by atoms with Crippen LogP contribution in [-0.2, 0) is 4.79 Å². The van der Waals surface area contributed by atoms with E-state index in [4.69, 9.17) is 9.15 Å². The van der Waals surface area contributed by atoms with E-state index in [9.17, 15) is 4.79 Å². The van der Waals surface area contributed by atoms with Crippen molar-refractivity contribution < 1.29 is 13.9 Å². The quantitative estimate of drug-likeness (QED) is 0.477. The van der Waals surface area contributed by atoms with Gasteiger partial charge in [-0.15, -0.1) is 0 Å². The van der Waals surface area contributed by atoms with Gasteiger partial charge < -0.3 is 14.1 Å². The SMILES string of the molecule is O=C(CSc1nc2ccccc2o1)N1CC(Oc2nc3ccccc3s2)C1. The van der Waals surface area contributed by atoms with Crippen LogP contribution in [0.3, 0.4) is 0 Å². The molecule has 0 spiro atoms. The molecule has 0 unspecified atom stereocenters. The molecule has 0 bridgehead atoms. The van der Waals surface area contributed by atoms with Gasteiger partial charge in [0, 0.05) is 0 Å². The molecule has 2 aromatic heterocycles. The Morgan fingerprint density at radius 3 is 2.74 bits per heavy atom. The van der Waals surface area contributed by atoms with E-state index in [0.29, 0.717) is 29.3 Å². The number of aromatic nitrogens is 2. The van der Waals surface area contributed by atoms with Crippen LogP contribution in [-0.4, -0.2) is 45.7 Å². The van der Waals surface area contributed by atoms with E-state index >= 15 is 0 Å². The fourth-order valence-corrected chi connectivity index (χ4v) is 4.51. The van der Waals surface area contributed by atoms with Crippen LogP contribution in [0.4, 0.5) is 0 Å². The largest absolute Gasteiger partial charge is 0.463 e. The maximum atomic E-state index is 12.3. The molecule has 5 rings (SSSR count). The third kappa shape index (κ3) is 3.38. The van der Waals surface area contributed by atoms with Gasteiger partial charge in [0.2, 0.25) is 5.91 Å². The van der Waals surface area contributed by atoms with Crippen molar-refractivity contribution in [1.29, 1.82) is 0 Å². The minimum Gasteiger partial charge on any atom is -0.463 e. The number of thiazole rings is 1. The molecule has 0 N–H and O–H groups in total. The molecule has 6 nitrogen and oxygen atoms in total. The van der Waals surface area contributed by atoms with E-state index in [1.807, 2.05) is 48.5 Å². The zero-order valence-corrected chi connectivity index (χ0v) is 15.8. The third-order valence-electron chi connectivity index (χ3n) is 4.34. The van der Waals surface area contributed by atoms with Crippen LogP contribution in [0.1, 0.15) is 0 Å². The molecule has 136 valence electrons. The Hall–Kier alpha value is -2.58. The number of hydrogen-bond acceptors (Lipinski definition) is 7. The number of nitrogens with zero attached hydrogens (tertiary/aromatic N) is 3. The molecule has 1 saturated heterocycles. The van der Waals surface area contributed by atoms with Gasteiger partial charge in [-0.2, -0.15) is 0 Å². The lowest BCUT2D eigenvalue weighted by molar-refractivity contribution is -0.137. The standard InChI is InChI=1S/C19H15N3O3S2/c23-17(11-26-18-20-13-5-1-3-7-15(13)25-18)22-9-12(10-22)24-19-21-14-6-2-4-8-16(14)27-19/h1-8,12H,9-11H2. The maximum Gasteiger partial charge on any atom is 0.274 e. The first-order valence-electron chi connectivity index (χ1n) is 8.53. The maximum absolute atomic E-state index is 12.3. The molecular formula is C19H15N3O3S2. The average molecular weight is 397 g/mol. The van der Waals surface area contributed by atoms with E-state index in [1.54, 1.807) is 4.90 Å². The van der Waals surface area contributed by atoms with E-state index in [-0.39, 0.29) is 12.0 Å². The number of ether oxygens (including phenoxy) is 1. The highest BCUT2D eigenvalue weighted by molar-refractivity contribution is 7.99. The molecule has 4 aromatic rings.